The number of carbonyl (C=O) groups excluding carboxylic acids is 2. The SMILES string of the molecule is C1CCC2=[N+](CC1)CCCN2.O=C([O-])c1ccccc1C(=O)CO. The molecule has 0 spiro atoms. The molecule has 1 aromatic rings. The lowest BCUT2D eigenvalue weighted by Crippen LogP contribution is -2.40. The van der Waals surface area contributed by atoms with Gasteiger partial charge in [-0.05, 0) is 19.3 Å². The number of rotatable bonds is 3. The first-order chi connectivity index (χ1) is 11.6. The first kappa shape index (κ1) is 18.1. The van der Waals surface area contributed by atoms with E-state index in [9.17, 15) is 14.7 Å². The van der Waals surface area contributed by atoms with E-state index in [2.05, 4.69) is 9.89 Å². The number of benzene rings is 1. The monoisotopic (exact) mass is 332 g/mol. The minimum atomic E-state index is -1.42. The normalized spacial score (nSPS) is 16.9. The fourth-order valence-electron chi connectivity index (χ4n) is 3.00. The van der Waals surface area contributed by atoms with E-state index in [4.69, 9.17) is 5.11 Å². The molecule has 2 heterocycles. The standard InChI is InChI=1S/C9H16N2.C9H8O4/c1-2-5-9-10-6-4-8-11(9)7-3-1;10-5-8(11)6-3-1-2-4-7(6)9(12)13/h1-8H2;1-4,10H,5H2,(H,12,13). The Morgan fingerprint density at radius 1 is 1.08 bits per heavy atom. The molecule has 3 rings (SSSR count). The van der Waals surface area contributed by atoms with Crippen molar-refractivity contribution < 1.29 is 24.4 Å². The van der Waals surface area contributed by atoms with Gasteiger partial charge >= 0.3 is 0 Å². The molecule has 24 heavy (non-hydrogen) atoms. The molecular formula is C18H24N2O4. The quantitative estimate of drug-likeness (QED) is 0.609. The summed E-state index contributed by atoms with van der Waals surface area (Å²) in [5.74, 6) is -0.522. The largest absolute Gasteiger partial charge is 0.545 e. The highest BCUT2D eigenvalue weighted by molar-refractivity contribution is 6.05. The molecule has 0 bridgehead atoms. The van der Waals surface area contributed by atoms with Gasteiger partial charge in [-0.15, -0.1) is 0 Å². The Morgan fingerprint density at radius 2 is 1.79 bits per heavy atom. The molecule has 0 aromatic heterocycles. The number of carboxylic acids is 1. The maximum absolute atomic E-state index is 11.0. The molecule has 2 aliphatic rings. The Labute approximate surface area is 141 Å². The Kier molecular flexibility index (Phi) is 6.93. The van der Waals surface area contributed by atoms with Crippen LogP contribution in [-0.4, -0.2) is 53.5 Å². The summed E-state index contributed by atoms with van der Waals surface area (Å²) in [4.78, 5) is 21.5. The van der Waals surface area contributed by atoms with Gasteiger partial charge in [0.25, 0.3) is 0 Å². The predicted molar refractivity (Wildman–Crippen MR) is 88.3 cm³/mol. The second-order valence-corrected chi connectivity index (χ2v) is 5.94. The van der Waals surface area contributed by atoms with Gasteiger partial charge < -0.3 is 15.0 Å². The number of aliphatic hydroxyl groups is 1. The predicted octanol–water partition coefficient (Wildman–Crippen LogP) is 0.190. The Morgan fingerprint density at radius 3 is 2.50 bits per heavy atom. The smallest absolute Gasteiger partial charge is 0.244 e. The Hall–Kier alpha value is -2.21. The van der Waals surface area contributed by atoms with Crippen LogP contribution in [0.15, 0.2) is 24.3 Å². The number of aliphatic hydroxyl groups excluding tert-OH is 1. The Bertz CT molecular complexity index is 607. The van der Waals surface area contributed by atoms with Crippen molar-refractivity contribution >= 4 is 17.6 Å². The molecule has 0 saturated carbocycles. The summed E-state index contributed by atoms with van der Waals surface area (Å²) in [6.45, 7) is 3.08. The number of hydrogen-bond donors (Lipinski definition) is 2. The summed E-state index contributed by atoms with van der Waals surface area (Å²) in [6, 6.07) is 5.61. The number of nitrogens with zero attached hydrogens (tertiary/aromatic N) is 1. The lowest BCUT2D eigenvalue weighted by Gasteiger charge is -2.14. The van der Waals surface area contributed by atoms with E-state index in [1.807, 2.05) is 0 Å². The first-order valence-corrected chi connectivity index (χ1v) is 8.42. The summed E-state index contributed by atoms with van der Waals surface area (Å²) in [7, 11) is 0. The molecule has 0 amide bonds. The van der Waals surface area contributed by atoms with Crippen LogP contribution in [0.1, 0.15) is 52.8 Å². The summed E-state index contributed by atoms with van der Waals surface area (Å²) < 4.78 is 2.54. The number of Topliss-reactive ketones (excluding diaryl/α,β-unsaturated/α-hetero) is 1. The van der Waals surface area contributed by atoms with Crippen LogP contribution in [-0.2, 0) is 0 Å². The molecule has 0 fully saturated rings. The zero-order chi connectivity index (χ0) is 17.4. The van der Waals surface area contributed by atoms with Gasteiger partial charge in [-0.1, -0.05) is 24.3 Å². The van der Waals surface area contributed by atoms with Crippen LogP contribution < -0.4 is 10.4 Å². The van der Waals surface area contributed by atoms with Crippen LogP contribution in [0, 0.1) is 0 Å². The van der Waals surface area contributed by atoms with Crippen molar-refractivity contribution in [3.05, 3.63) is 35.4 Å². The number of ketones is 1. The second-order valence-electron chi connectivity index (χ2n) is 5.94. The minimum Gasteiger partial charge on any atom is -0.545 e. The van der Waals surface area contributed by atoms with E-state index >= 15 is 0 Å². The third-order valence-corrected chi connectivity index (χ3v) is 4.25. The summed E-state index contributed by atoms with van der Waals surface area (Å²) in [5.41, 5.74) is -0.216. The number of aromatic carboxylic acids is 1. The fourth-order valence-corrected chi connectivity index (χ4v) is 3.00. The molecule has 2 aliphatic heterocycles. The van der Waals surface area contributed by atoms with E-state index in [0.29, 0.717) is 0 Å². The number of carboxylic acid groups (broad SMARTS) is 1. The van der Waals surface area contributed by atoms with E-state index < -0.39 is 18.4 Å². The van der Waals surface area contributed by atoms with Crippen LogP contribution in [0.3, 0.4) is 0 Å². The van der Waals surface area contributed by atoms with Gasteiger partial charge in [-0.2, -0.15) is 0 Å². The van der Waals surface area contributed by atoms with Crippen LogP contribution in [0.25, 0.3) is 0 Å². The third-order valence-electron chi connectivity index (χ3n) is 4.25. The second kappa shape index (κ2) is 9.17. The average Bonchev–Trinajstić information content (AvgIpc) is 2.87. The van der Waals surface area contributed by atoms with Gasteiger partial charge in [0.2, 0.25) is 5.84 Å². The van der Waals surface area contributed by atoms with Crippen molar-refractivity contribution in [2.45, 2.75) is 32.1 Å². The molecule has 6 heteroatoms. The first-order valence-electron chi connectivity index (χ1n) is 8.42. The van der Waals surface area contributed by atoms with Gasteiger partial charge in [0.1, 0.15) is 6.61 Å². The summed E-state index contributed by atoms with van der Waals surface area (Å²) in [6.07, 6.45) is 6.81. The van der Waals surface area contributed by atoms with Crippen LogP contribution >= 0.6 is 0 Å². The van der Waals surface area contributed by atoms with E-state index in [1.165, 1.54) is 81.8 Å². The number of hydrogen-bond acceptors (Lipinski definition) is 5. The zero-order valence-corrected chi connectivity index (χ0v) is 13.8. The highest BCUT2D eigenvalue weighted by atomic mass is 16.4. The highest BCUT2D eigenvalue weighted by Crippen LogP contribution is 2.09. The summed E-state index contributed by atoms with van der Waals surface area (Å²) >= 11 is 0. The van der Waals surface area contributed by atoms with Gasteiger partial charge in [-0.3, -0.25) is 14.7 Å². The fraction of sp³-hybridized carbons (Fsp3) is 0.500. The van der Waals surface area contributed by atoms with Gasteiger partial charge in [0, 0.05) is 24.0 Å². The maximum Gasteiger partial charge on any atom is 0.244 e. The Balaban J connectivity index is 0.000000175. The van der Waals surface area contributed by atoms with Crippen molar-refractivity contribution in [3.8, 4) is 0 Å². The molecule has 2 N–H and O–H groups in total. The van der Waals surface area contributed by atoms with Crippen LogP contribution in [0.5, 0.6) is 0 Å². The van der Waals surface area contributed by atoms with Gasteiger partial charge in [-0.25, -0.2) is 0 Å². The minimum absolute atomic E-state index is 0.0231. The lowest BCUT2D eigenvalue weighted by molar-refractivity contribution is -0.534. The maximum atomic E-state index is 11.0. The summed E-state index contributed by atoms with van der Waals surface area (Å²) in [5, 5.41) is 22.5. The van der Waals surface area contributed by atoms with E-state index in [-0.39, 0.29) is 11.1 Å². The highest BCUT2D eigenvalue weighted by Gasteiger charge is 2.19. The molecule has 0 atom stereocenters. The zero-order valence-electron chi connectivity index (χ0n) is 13.8. The molecule has 6 nitrogen and oxygen atoms in total. The van der Waals surface area contributed by atoms with Crippen molar-refractivity contribution in [2.24, 2.45) is 0 Å². The van der Waals surface area contributed by atoms with Crippen molar-refractivity contribution in [2.75, 3.05) is 26.2 Å². The molecule has 0 unspecified atom stereocenters. The molecule has 0 aliphatic carbocycles. The molecule has 0 saturated heterocycles. The van der Waals surface area contributed by atoms with E-state index in [1.54, 1.807) is 0 Å². The number of nitrogens with one attached hydrogen (secondary N) is 1. The molecule has 130 valence electrons. The van der Waals surface area contributed by atoms with Crippen molar-refractivity contribution in [3.63, 3.8) is 0 Å². The van der Waals surface area contributed by atoms with E-state index in [0.717, 1.165) is 0 Å². The van der Waals surface area contributed by atoms with Crippen LogP contribution in [0.4, 0.5) is 0 Å². The number of carbonyl (C=O) groups is 2. The number of amidine groups is 1. The van der Waals surface area contributed by atoms with Gasteiger partial charge in [0.15, 0.2) is 5.78 Å². The lowest BCUT2D eigenvalue weighted by atomic mass is 10.0. The van der Waals surface area contributed by atoms with Crippen molar-refractivity contribution in [1.82, 2.24) is 5.32 Å². The van der Waals surface area contributed by atoms with Crippen molar-refractivity contribution in [1.29, 1.82) is 0 Å². The van der Waals surface area contributed by atoms with Crippen LogP contribution in [0.2, 0.25) is 0 Å². The molecule has 0 radical (unpaired) electrons. The molecule has 1 aromatic carbocycles. The third kappa shape index (κ3) is 4.89. The topological polar surface area (TPSA) is 92.5 Å². The average molecular weight is 332 g/mol. The van der Waals surface area contributed by atoms with Gasteiger partial charge in [0.05, 0.1) is 25.6 Å². The molecular weight excluding hydrogens is 308 g/mol.